The molecule has 2 aromatic carbocycles. The number of nitrogens with one attached hydrogen (secondary N) is 1. The van der Waals surface area contributed by atoms with Crippen LogP contribution in [0, 0.1) is 5.82 Å². The number of hydrogen-bond acceptors (Lipinski definition) is 2. The van der Waals surface area contributed by atoms with Gasteiger partial charge in [0.25, 0.3) is 0 Å². The van der Waals surface area contributed by atoms with Gasteiger partial charge in [0.2, 0.25) is 0 Å². The Labute approximate surface area is 119 Å². The minimum Gasteiger partial charge on any atom is -0.483 e. The minimum atomic E-state index is -0.316. The van der Waals surface area contributed by atoms with E-state index in [0.29, 0.717) is 12.3 Å². The fraction of sp³-hybridized carbons (Fsp3) is 0.294. The van der Waals surface area contributed by atoms with Crippen LogP contribution in [0.5, 0.6) is 5.75 Å². The zero-order valence-electron chi connectivity index (χ0n) is 11.9. The van der Waals surface area contributed by atoms with Crippen molar-refractivity contribution in [3.05, 3.63) is 65.5 Å². The van der Waals surface area contributed by atoms with Crippen molar-refractivity contribution in [3.8, 4) is 5.75 Å². The summed E-state index contributed by atoms with van der Waals surface area (Å²) in [5, 5.41) is 3.20. The number of rotatable bonds is 6. The first-order valence-electron chi connectivity index (χ1n) is 6.92. The van der Waals surface area contributed by atoms with E-state index in [1.807, 2.05) is 50.2 Å². The Morgan fingerprint density at radius 3 is 2.55 bits per heavy atom. The van der Waals surface area contributed by atoms with Crippen LogP contribution in [0.3, 0.4) is 0 Å². The van der Waals surface area contributed by atoms with E-state index in [0.717, 1.165) is 17.7 Å². The van der Waals surface area contributed by atoms with Gasteiger partial charge in [0, 0.05) is 12.1 Å². The van der Waals surface area contributed by atoms with Gasteiger partial charge in [-0.15, -0.1) is 0 Å². The maximum absolute atomic E-state index is 14.0. The molecule has 0 radical (unpaired) electrons. The second kappa shape index (κ2) is 7.06. The lowest BCUT2D eigenvalue weighted by Gasteiger charge is -2.18. The molecule has 0 aromatic heterocycles. The summed E-state index contributed by atoms with van der Waals surface area (Å²) >= 11 is 0. The fourth-order valence-electron chi connectivity index (χ4n) is 2.05. The summed E-state index contributed by atoms with van der Waals surface area (Å²) < 4.78 is 19.8. The quantitative estimate of drug-likeness (QED) is 0.856. The van der Waals surface area contributed by atoms with E-state index in [2.05, 4.69) is 5.32 Å². The Morgan fingerprint density at radius 2 is 1.85 bits per heavy atom. The molecule has 0 saturated heterocycles. The normalized spacial score (nSPS) is 12.2. The van der Waals surface area contributed by atoms with Gasteiger partial charge in [-0.1, -0.05) is 49.4 Å². The second-order valence-electron chi connectivity index (χ2n) is 4.68. The highest BCUT2D eigenvalue weighted by Gasteiger charge is 2.14. The Kier molecular flexibility index (Phi) is 5.13. The third kappa shape index (κ3) is 3.58. The third-order valence-corrected chi connectivity index (χ3v) is 3.18. The molecule has 0 heterocycles. The topological polar surface area (TPSA) is 21.3 Å². The van der Waals surface area contributed by atoms with Crippen molar-refractivity contribution in [3.63, 3.8) is 0 Å². The highest BCUT2D eigenvalue weighted by atomic mass is 19.1. The number of ether oxygens (including phenoxy) is 1. The second-order valence-corrected chi connectivity index (χ2v) is 4.68. The van der Waals surface area contributed by atoms with Crippen molar-refractivity contribution in [1.29, 1.82) is 0 Å². The summed E-state index contributed by atoms with van der Waals surface area (Å²) in [6.45, 7) is 5.39. The molecule has 1 unspecified atom stereocenters. The molecule has 0 saturated carbocycles. The van der Waals surface area contributed by atoms with E-state index >= 15 is 0 Å². The lowest BCUT2D eigenvalue weighted by atomic mass is 10.1. The van der Waals surface area contributed by atoms with Gasteiger partial charge in [-0.25, -0.2) is 4.39 Å². The van der Waals surface area contributed by atoms with Crippen molar-refractivity contribution >= 4 is 0 Å². The van der Waals surface area contributed by atoms with Crippen molar-refractivity contribution in [1.82, 2.24) is 5.32 Å². The molecular formula is C17H20FNO. The molecule has 0 spiro atoms. The lowest BCUT2D eigenvalue weighted by Crippen LogP contribution is -2.14. The highest BCUT2D eigenvalue weighted by molar-refractivity contribution is 5.35. The summed E-state index contributed by atoms with van der Waals surface area (Å²) in [6, 6.07) is 14.9. The lowest BCUT2D eigenvalue weighted by molar-refractivity contribution is 0.213. The highest BCUT2D eigenvalue weighted by Crippen LogP contribution is 2.28. The zero-order chi connectivity index (χ0) is 14.4. The minimum absolute atomic E-state index is 0.187. The third-order valence-electron chi connectivity index (χ3n) is 3.18. The number of halogens is 1. The molecule has 1 atom stereocenters. The Balaban J connectivity index is 2.19. The Morgan fingerprint density at radius 1 is 1.10 bits per heavy atom. The van der Waals surface area contributed by atoms with Crippen molar-refractivity contribution < 1.29 is 9.13 Å². The summed E-state index contributed by atoms with van der Waals surface area (Å²) in [4.78, 5) is 0. The van der Waals surface area contributed by atoms with E-state index in [4.69, 9.17) is 4.74 Å². The van der Waals surface area contributed by atoms with E-state index in [1.165, 1.54) is 6.07 Å². The van der Waals surface area contributed by atoms with Crippen LogP contribution in [-0.2, 0) is 6.54 Å². The van der Waals surface area contributed by atoms with Gasteiger partial charge in [0.1, 0.15) is 6.10 Å². The molecular weight excluding hydrogens is 253 g/mol. The van der Waals surface area contributed by atoms with Crippen LogP contribution < -0.4 is 10.1 Å². The van der Waals surface area contributed by atoms with E-state index in [9.17, 15) is 4.39 Å². The van der Waals surface area contributed by atoms with E-state index in [-0.39, 0.29) is 11.9 Å². The molecule has 20 heavy (non-hydrogen) atoms. The van der Waals surface area contributed by atoms with Crippen molar-refractivity contribution in [2.75, 3.05) is 6.54 Å². The monoisotopic (exact) mass is 273 g/mol. The van der Waals surface area contributed by atoms with Crippen LogP contribution in [0.4, 0.5) is 4.39 Å². The van der Waals surface area contributed by atoms with Crippen LogP contribution in [0.15, 0.2) is 48.5 Å². The van der Waals surface area contributed by atoms with E-state index in [1.54, 1.807) is 6.07 Å². The van der Waals surface area contributed by atoms with Crippen LogP contribution >= 0.6 is 0 Å². The molecule has 0 aliphatic carbocycles. The van der Waals surface area contributed by atoms with Gasteiger partial charge >= 0.3 is 0 Å². The molecule has 3 heteroatoms. The molecule has 0 bridgehead atoms. The van der Waals surface area contributed by atoms with Crippen molar-refractivity contribution in [2.24, 2.45) is 0 Å². The first-order valence-corrected chi connectivity index (χ1v) is 6.92. The summed E-state index contributed by atoms with van der Waals surface area (Å²) in [5.74, 6) is 0.0213. The van der Waals surface area contributed by atoms with Gasteiger partial charge in [-0.05, 0) is 25.1 Å². The number of para-hydroxylation sites is 1. The van der Waals surface area contributed by atoms with Gasteiger partial charge in [-0.2, -0.15) is 0 Å². The molecule has 0 aliphatic rings. The summed E-state index contributed by atoms with van der Waals surface area (Å²) in [5.41, 5.74) is 1.87. The van der Waals surface area contributed by atoms with Gasteiger partial charge in [0.05, 0.1) is 0 Å². The van der Waals surface area contributed by atoms with Gasteiger partial charge in [0.15, 0.2) is 11.6 Å². The first-order chi connectivity index (χ1) is 9.72. The van der Waals surface area contributed by atoms with Crippen LogP contribution in [0.2, 0.25) is 0 Å². The predicted molar refractivity (Wildman–Crippen MR) is 79.3 cm³/mol. The molecule has 106 valence electrons. The average molecular weight is 273 g/mol. The van der Waals surface area contributed by atoms with Gasteiger partial charge < -0.3 is 10.1 Å². The maximum atomic E-state index is 14.0. The molecule has 2 aromatic rings. The standard InChI is InChI=1S/C17H20FNO/c1-3-19-12-15-10-7-11-16(18)17(15)20-13(2)14-8-5-4-6-9-14/h4-11,13,19H,3,12H2,1-2H3. The first kappa shape index (κ1) is 14.5. The Hall–Kier alpha value is -1.87. The predicted octanol–water partition coefficient (Wildman–Crippen LogP) is 4.08. The maximum Gasteiger partial charge on any atom is 0.165 e. The van der Waals surface area contributed by atoms with Crippen LogP contribution in [0.25, 0.3) is 0 Å². The average Bonchev–Trinajstić information content (AvgIpc) is 2.48. The zero-order valence-corrected chi connectivity index (χ0v) is 11.9. The Bertz CT molecular complexity index is 542. The smallest absolute Gasteiger partial charge is 0.165 e. The molecule has 0 fully saturated rings. The van der Waals surface area contributed by atoms with Crippen LogP contribution in [-0.4, -0.2) is 6.54 Å². The molecule has 0 aliphatic heterocycles. The van der Waals surface area contributed by atoms with E-state index < -0.39 is 0 Å². The fourth-order valence-corrected chi connectivity index (χ4v) is 2.05. The van der Waals surface area contributed by atoms with Crippen LogP contribution in [0.1, 0.15) is 31.1 Å². The largest absolute Gasteiger partial charge is 0.483 e. The molecule has 1 N–H and O–H groups in total. The summed E-state index contributed by atoms with van der Waals surface area (Å²) in [6.07, 6.45) is -0.187. The molecule has 2 nitrogen and oxygen atoms in total. The number of hydrogen-bond donors (Lipinski definition) is 1. The SMILES string of the molecule is CCNCc1cccc(F)c1OC(C)c1ccccc1. The van der Waals surface area contributed by atoms with Gasteiger partial charge in [-0.3, -0.25) is 0 Å². The summed E-state index contributed by atoms with van der Waals surface area (Å²) in [7, 11) is 0. The molecule has 0 amide bonds. The van der Waals surface area contributed by atoms with Crippen molar-refractivity contribution in [2.45, 2.75) is 26.5 Å². The molecule has 2 rings (SSSR count). The number of benzene rings is 2.